The van der Waals surface area contributed by atoms with Crippen molar-refractivity contribution >= 4 is 17.6 Å². The van der Waals surface area contributed by atoms with Crippen LogP contribution in [0, 0.1) is 5.92 Å². The molecular formula is C23H28N6O. The zero-order chi connectivity index (χ0) is 20.8. The molecular weight excluding hydrogens is 376 g/mol. The Labute approximate surface area is 177 Å². The number of nitrogens with zero attached hydrogens (tertiary/aromatic N) is 4. The van der Waals surface area contributed by atoms with E-state index < -0.39 is 0 Å². The smallest absolute Gasteiger partial charge is 0.232 e. The van der Waals surface area contributed by atoms with Gasteiger partial charge in [0, 0.05) is 11.8 Å². The van der Waals surface area contributed by atoms with Gasteiger partial charge in [-0.05, 0) is 56.0 Å². The van der Waals surface area contributed by atoms with Crippen LogP contribution in [0.3, 0.4) is 0 Å². The number of nitrogens with one attached hydrogen (secondary N) is 1. The van der Waals surface area contributed by atoms with Gasteiger partial charge in [-0.2, -0.15) is 15.0 Å². The van der Waals surface area contributed by atoms with Gasteiger partial charge in [0.05, 0.1) is 13.7 Å². The van der Waals surface area contributed by atoms with Crippen LogP contribution in [-0.2, 0) is 13.0 Å². The monoisotopic (exact) mass is 404 g/mol. The summed E-state index contributed by atoms with van der Waals surface area (Å²) >= 11 is 0. The molecule has 1 fully saturated rings. The Bertz CT molecular complexity index is 957. The third kappa shape index (κ3) is 5.45. The number of hydrogen-bond donors (Lipinski definition) is 2. The number of rotatable bonds is 7. The third-order valence-corrected chi connectivity index (χ3v) is 5.46. The van der Waals surface area contributed by atoms with Gasteiger partial charge < -0.3 is 15.8 Å². The predicted molar refractivity (Wildman–Crippen MR) is 119 cm³/mol. The number of aromatic nitrogens is 3. The minimum absolute atomic E-state index is 0.226. The lowest BCUT2D eigenvalue weighted by atomic mass is 9.90. The van der Waals surface area contributed by atoms with Crippen molar-refractivity contribution in [3.63, 3.8) is 0 Å². The predicted octanol–water partition coefficient (Wildman–Crippen LogP) is 3.66. The van der Waals surface area contributed by atoms with Crippen molar-refractivity contribution in [2.75, 3.05) is 31.2 Å². The lowest BCUT2D eigenvalue weighted by Crippen LogP contribution is -2.34. The first-order valence-electron chi connectivity index (χ1n) is 10.4. The maximum atomic E-state index is 5.94. The van der Waals surface area contributed by atoms with E-state index in [2.05, 4.69) is 55.5 Å². The van der Waals surface area contributed by atoms with E-state index in [1.54, 1.807) is 7.11 Å². The second kappa shape index (κ2) is 9.54. The molecule has 0 amide bonds. The van der Waals surface area contributed by atoms with Crippen molar-refractivity contribution < 1.29 is 4.74 Å². The first-order chi connectivity index (χ1) is 14.7. The Balaban J connectivity index is 1.34. The number of piperidine rings is 1. The van der Waals surface area contributed by atoms with Crippen LogP contribution in [0.2, 0.25) is 0 Å². The van der Waals surface area contributed by atoms with E-state index in [0.29, 0.717) is 18.3 Å². The molecule has 0 unspecified atom stereocenters. The number of ether oxygens (including phenoxy) is 1. The average molecular weight is 405 g/mol. The highest BCUT2D eigenvalue weighted by atomic mass is 16.5. The molecule has 1 aromatic heterocycles. The number of likely N-dealkylation sites (tertiary alicyclic amines) is 1. The fourth-order valence-electron chi connectivity index (χ4n) is 3.89. The molecule has 1 aliphatic rings. The molecule has 3 aromatic rings. The van der Waals surface area contributed by atoms with E-state index in [4.69, 9.17) is 10.5 Å². The van der Waals surface area contributed by atoms with Crippen molar-refractivity contribution in [3.8, 4) is 5.75 Å². The van der Waals surface area contributed by atoms with Crippen molar-refractivity contribution in [3.05, 3.63) is 66.0 Å². The Morgan fingerprint density at radius 1 is 1.03 bits per heavy atom. The van der Waals surface area contributed by atoms with Gasteiger partial charge in [-0.3, -0.25) is 4.90 Å². The number of nitrogens with two attached hydrogens (primary N) is 1. The van der Waals surface area contributed by atoms with Crippen LogP contribution in [0.25, 0.3) is 0 Å². The Morgan fingerprint density at radius 3 is 2.60 bits per heavy atom. The molecule has 156 valence electrons. The lowest BCUT2D eigenvalue weighted by Gasteiger charge is -2.31. The maximum absolute atomic E-state index is 5.94. The fraction of sp³-hybridized carbons (Fsp3) is 0.348. The summed E-state index contributed by atoms with van der Waals surface area (Å²) in [6.07, 6.45) is 3.52. The maximum Gasteiger partial charge on any atom is 0.232 e. The minimum Gasteiger partial charge on any atom is -0.497 e. The molecule has 0 aliphatic carbocycles. The van der Waals surface area contributed by atoms with Crippen molar-refractivity contribution in [2.24, 2.45) is 5.92 Å². The van der Waals surface area contributed by atoms with Gasteiger partial charge in [0.25, 0.3) is 0 Å². The molecule has 0 spiro atoms. The molecule has 0 saturated carbocycles. The normalized spacial score (nSPS) is 15.1. The standard InChI is InChI=1S/C23H28N6O/c1-30-20-9-5-8-19(15-20)25-23-27-21(26-22(24)28-23)16-29-12-10-18(11-13-29)14-17-6-3-2-4-7-17/h2-9,15,18H,10-14,16H2,1H3,(H3,24,25,26,27,28). The van der Waals surface area contributed by atoms with Gasteiger partial charge in [0.1, 0.15) is 11.6 Å². The molecule has 3 N–H and O–H groups in total. The molecule has 0 radical (unpaired) electrons. The summed E-state index contributed by atoms with van der Waals surface area (Å²) in [5.74, 6) is 2.86. The second-order valence-electron chi connectivity index (χ2n) is 7.70. The molecule has 0 atom stereocenters. The van der Waals surface area contributed by atoms with Gasteiger partial charge in [-0.25, -0.2) is 0 Å². The number of benzene rings is 2. The lowest BCUT2D eigenvalue weighted by molar-refractivity contribution is 0.173. The average Bonchev–Trinajstić information content (AvgIpc) is 2.76. The van der Waals surface area contributed by atoms with E-state index in [9.17, 15) is 0 Å². The first-order valence-corrected chi connectivity index (χ1v) is 10.4. The molecule has 0 bridgehead atoms. The van der Waals surface area contributed by atoms with Gasteiger partial charge in [0.2, 0.25) is 11.9 Å². The first kappa shape index (κ1) is 20.1. The quantitative estimate of drug-likeness (QED) is 0.621. The Morgan fingerprint density at radius 2 is 1.83 bits per heavy atom. The van der Waals surface area contributed by atoms with Crippen molar-refractivity contribution in [1.29, 1.82) is 0 Å². The van der Waals surface area contributed by atoms with Gasteiger partial charge in [0.15, 0.2) is 0 Å². The number of hydrogen-bond acceptors (Lipinski definition) is 7. The van der Waals surface area contributed by atoms with Crippen molar-refractivity contribution in [1.82, 2.24) is 19.9 Å². The third-order valence-electron chi connectivity index (χ3n) is 5.46. The minimum atomic E-state index is 0.226. The zero-order valence-electron chi connectivity index (χ0n) is 17.3. The van der Waals surface area contributed by atoms with E-state index in [1.165, 1.54) is 18.4 Å². The number of anilines is 3. The summed E-state index contributed by atoms with van der Waals surface area (Å²) in [6, 6.07) is 18.4. The fourth-order valence-corrected chi connectivity index (χ4v) is 3.89. The molecule has 2 aromatic carbocycles. The van der Waals surface area contributed by atoms with E-state index in [1.807, 2.05) is 24.3 Å². The number of methoxy groups -OCH3 is 1. The molecule has 7 nitrogen and oxygen atoms in total. The topological polar surface area (TPSA) is 89.2 Å². The van der Waals surface area contributed by atoms with Crippen LogP contribution < -0.4 is 15.8 Å². The van der Waals surface area contributed by atoms with Crippen LogP contribution in [-0.4, -0.2) is 40.1 Å². The van der Waals surface area contributed by atoms with Crippen molar-refractivity contribution in [2.45, 2.75) is 25.8 Å². The van der Waals surface area contributed by atoms with Gasteiger partial charge in [-0.1, -0.05) is 36.4 Å². The van der Waals surface area contributed by atoms with Gasteiger partial charge in [-0.15, -0.1) is 0 Å². The molecule has 30 heavy (non-hydrogen) atoms. The summed E-state index contributed by atoms with van der Waals surface area (Å²) in [5, 5.41) is 3.19. The molecule has 4 rings (SSSR count). The largest absolute Gasteiger partial charge is 0.497 e. The van der Waals surface area contributed by atoms with Crippen LogP contribution >= 0.6 is 0 Å². The molecule has 7 heteroatoms. The summed E-state index contributed by atoms with van der Waals surface area (Å²) in [5.41, 5.74) is 8.20. The Hall–Kier alpha value is -3.19. The second-order valence-corrected chi connectivity index (χ2v) is 7.70. The molecule has 2 heterocycles. The highest BCUT2D eigenvalue weighted by Gasteiger charge is 2.20. The highest BCUT2D eigenvalue weighted by molar-refractivity contribution is 5.56. The molecule has 1 aliphatic heterocycles. The number of nitrogen functional groups attached to an aromatic ring is 1. The summed E-state index contributed by atoms with van der Waals surface area (Å²) in [7, 11) is 1.64. The van der Waals surface area contributed by atoms with E-state index in [-0.39, 0.29) is 5.95 Å². The summed E-state index contributed by atoms with van der Waals surface area (Å²) in [4.78, 5) is 15.5. The van der Waals surface area contributed by atoms with E-state index in [0.717, 1.165) is 36.9 Å². The zero-order valence-corrected chi connectivity index (χ0v) is 17.3. The summed E-state index contributed by atoms with van der Waals surface area (Å²) in [6.45, 7) is 2.76. The van der Waals surface area contributed by atoms with Crippen LogP contribution in [0.5, 0.6) is 5.75 Å². The summed E-state index contributed by atoms with van der Waals surface area (Å²) < 4.78 is 5.26. The van der Waals surface area contributed by atoms with Gasteiger partial charge >= 0.3 is 0 Å². The van der Waals surface area contributed by atoms with Crippen LogP contribution in [0.4, 0.5) is 17.6 Å². The Kier molecular flexibility index (Phi) is 6.39. The van der Waals surface area contributed by atoms with E-state index >= 15 is 0 Å². The van der Waals surface area contributed by atoms with Crippen LogP contribution in [0.1, 0.15) is 24.2 Å². The highest BCUT2D eigenvalue weighted by Crippen LogP contribution is 2.23. The SMILES string of the molecule is COc1cccc(Nc2nc(N)nc(CN3CCC(Cc4ccccc4)CC3)n2)c1. The van der Waals surface area contributed by atoms with Crippen LogP contribution in [0.15, 0.2) is 54.6 Å². The molecule has 1 saturated heterocycles.